The number of nitrogens with zero attached hydrogens (tertiary/aromatic N) is 1. The molecule has 3 aliphatic heterocycles. The van der Waals surface area contributed by atoms with Gasteiger partial charge >= 0.3 is 0 Å². The van der Waals surface area contributed by atoms with E-state index in [9.17, 15) is 13.2 Å². The Morgan fingerprint density at radius 1 is 1.17 bits per heavy atom. The van der Waals surface area contributed by atoms with E-state index in [1.165, 1.54) is 0 Å². The van der Waals surface area contributed by atoms with Crippen LogP contribution >= 0.6 is 0 Å². The summed E-state index contributed by atoms with van der Waals surface area (Å²) in [6.07, 6.45) is 3.89. The van der Waals surface area contributed by atoms with Crippen LogP contribution in [-0.4, -0.2) is 46.3 Å². The Labute approximate surface area is 140 Å². The third-order valence-corrected chi connectivity index (χ3v) is 10.6. The number of ketones is 1. The Hall–Kier alpha value is -1.11. The maximum Gasteiger partial charge on any atom is 0.172 e. The molecule has 1 spiro atoms. The SMILES string of the molecule is C[C@@]12C=CC(=O)[C@@H](CC13[S@](=O)CC[S@@]3=O)N2Cc1ccccc1. The molecule has 3 aliphatic rings. The fraction of sp³-hybridized carbons (Fsp3) is 0.471. The molecule has 0 aromatic heterocycles. The van der Waals surface area contributed by atoms with Crippen LogP contribution in [0.2, 0.25) is 0 Å². The molecule has 6 heteroatoms. The molecule has 23 heavy (non-hydrogen) atoms. The average molecular weight is 349 g/mol. The van der Waals surface area contributed by atoms with Gasteiger partial charge in [0.25, 0.3) is 0 Å². The molecule has 2 bridgehead atoms. The minimum absolute atomic E-state index is 0.0381. The lowest BCUT2D eigenvalue weighted by Gasteiger charge is -2.43. The Balaban J connectivity index is 1.82. The zero-order chi connectivity index (χ0) is 16.2. The van der Waals surface area contributed by atoms with E-state index in [4.69, 9.17) is 0 Å². The van der Waals surface area contributed by atoms with Crippen LogP contribution in [0.15, 0.2) is 42.5 Å². The molecule has 0 radical (unpaired) electrons. The van der Waals surface area contributed by atoms with Crippen LogP contribution in [0.4, 0.5) is 0 Å². The van der Waals surface area contributed by atoms with E-state index in [1.54, 1.807) is 6.08 Å². The molecule has 0 amide bonds. The molecule has 1 aromatic rings. The van der Waals surface area contributed by atoms with Crippen molar-refractivity contribution in [2.45, 2.75) is 35.5 Å². The summed E-state index contributed by atoms with van der Waals surface area (Å²) in [5.74, 6) is 0.975. The molecule has 0 N–H and O–H groups in total. The molecular weight excluding hydrogens is 330 g/mol. The quantitative estimate of drug-likeness (QED) is 0.809. The summed E-state index contributed by atoms with van der Waals surface area (Å²) in [6, 6.07) is 9.65. The Bertz CT molecular complexity index is 729. The topological polar surface area (TPSA) is 54.5 Å². The summed E-state index contributed by atoms with van der Waals surface area (Å²) < 4.78 is 24.8. The van der Waals surface area contributed by atoms with Gasteiger partial charge in [0, 0.05) is 46.1 Å². The number of fused-ring (bicyclic) bond motifs is 3. The number of carbonyl (C=O) groups excluding carboxylic acids is 1. The van der Waals surface area contributed by atoms with E-state index >= 15 is 0 Å². The van der Waals surface area contributed by atoms with Crippen molar-refractivity contribution >= 4 is 27.4 Å². The molecule has 4 nitrogen and oxygen atoms in total. The maximum atomic E-state index is 12.8. The van der Waals surface area contributed by atoms with Gasteiger partial charge in [-0.15, -0.1) is 0 Å². The van der Waals surface area contributed by atoms with Gasteiger partial charge in [-0.3, -0.25) is 18.1 Å². The largest absolute Gasteiger partial charge is 0.293 e. The number of benzene rings is 1. The molecule has 0 aliphatic carbocycles. The van der Waals surface area contributed by atoms with Crippen molar-refractivity contribution in [3.63, 3.8) is 0 Å². The Morgan fingerprint density at radius 2 is 1.83 bits per heavy atom. The highest BCUT2D eigenvalue weighted by atomic mass is 32.3. The molecule has 2 saturated heterocycles. The first-order chi connectivity index (χ1) is 11.0. The minimum Gasteiger partial charge on any atom is -0.293 e. The molecule has 0 saturated carbocycles. The first kappa shape index (κ1) is 15.4. The van der Waals surface area contributed by atoms with Gasteiger partial charge in [-0.25, -0.2) is 0 Å². The zero-order valence-electron chi connectivity index (χ0n) is 12.9. The molecule has 5 atom stereocenters. The third kappa shape index (κ3) is 1.95. The van der Waals surface area contributed by atoms with Crippen LogP contribution in [-0.2, 0) is 32.9 Å². The van der Waals surface area contributed by atoms with Gasteiger partial charge in [-0.2, -0.15) is 0 Å². The second kappa shape index (κ2) is 5.19. The monoisotopic (exact) mass is 349 g/mol. The number of hydrogen-bond acceptors (Lipinski definition) is 4. The van der Waals surface area contributed by atoms with Crippen molar-refractivity contribution in [2.24, 2.45) is 0 Å². The lowest BCUT2D eigenvalue weighted by atomic mass is 9.95. The van der Waals surface area contributed by atoms with Gasteiger partial charge < -0.3 is 0 Å². The van der Waals surface area contributed by atoms with Gasteiger partial charge in [-0.1, -0.05) is 36.4 Å². The normalized spacial score (nSPS) is 42.7. The molecule has 1 unspecified atom stereocenters. The van der Waals surface area contributed by atoms with Crippen molar-refractivity contribution < 1.29 is 13.2 Å². The van der Waals surface area contributed by atoms with Crippen LogP contribution in [0.25, 0.3) is 0 Å². The summed E-state index contributed by atoms with van der Waals surface area (Å²) in [5.41, 5.74) is 0.506. The first-order valence-electron chi connectivity index (χ1n) is 7.80. The smallest absolute Gasteiger partial charge is 0.172 e. The van der Waals surface area contributed by atoms with E-state index in [0.29, 0.717) is 24.5 Å². The minimum atomic E-state index is -1.18. The Morgan fingerprint density at radius 3 is 2.48 bits per heavy atom. The Kier molecular flexibility index (Phi) is 3.48. The summed E-state index contributed by atoms with van der Waals surface area (Å²) in [7, 11) is -2.35. The second-order valence-electron chi connectivity index (χ2n) is 6.57. The fourth-order valence-electron chi connectivity index (χ4n) is 4.23. The van der Waals surface area contributed by atoms with E-state index in [0.717, 1.165) is 5.56 Å². The molecular formula is C17H19NO3S2. The van der Waals surface area contributed by atoms with E-state index in [-0.39, 0.29) is 11.8 Å². The number of hydrogen-bond donors (Lipinski definition) is 0. The number of rotatable bonds is 2. The van der Waals surface area contributed by atoms with Crippen molar-refractivity contribution in [3.05, 3.63) is 48.0 Å². The van der Waals surface area contributed by atoms with Crippen LogP contribution in [0.5, 0.6) is 0 Å². The van der Waals surface area contributed by atoms with Crippen molar-refractivity contribution in [3.8, 4) is 0 Å². The highest BCUT2D eigenvalue weighted by Crippen LogP contribution is 2.54. The lowest BCUT2D eigenvalue weighted by molar-refractivity contribution is -0.120. The van der Waals surface area contributed by atoms with Gasteiger partial charge in [0.1, 0.15) is 4.08 Å². The summed E-state index contributed by atoms with van der Waals surface area (Å²) in [5, 5.41) is 0. The highest BCUT2D eigenvalue weighted by molar-refractivity contribution is 8.07. The summed E-state index contributed by atoms with van der Waals surface area (Å²) in [6.45, 7) is 2.61. The maximum absolute atomic E-state index is 12.8. The molecule has 4 rings (SSSR count). The van der Waals surface area contributed by atoms with E-state index < -0.39 is 31.2 Å². The van der Waals surface area contributed by atoms with Gasteiger partial charge in [-0.05, 0) is 18.6 Å². The molecule has 3 heterocycles. The standard InChI is InChI=1S/C17H19NO3S2/c1-16-8-7-15(19)14(11-17(16)22(20)9-10-23(17)21)18(16)12-13-5-3-2-4-6-13/h2-8,14H,9-12H2,1H3/t14-,16-,17?,22-,23+/m1/s1. The fourth-order valence-corrected chi connectivity index (χ4v) is 9.41. The van der Waals surface area contributed by atoms with Gasteiger partial charge in [0.05, 0.1) is 11.6 Å². The van der Waals surface area contributed by atoms with Crippen molar-refractivity contribution in [1.29, 1.82) is 0 Å². The highest BCUT2D eigenvalue weighted by Gasteiger charge is 2.69. The predicted molar refractivity (Wildman–Crippen MR) is 91.7 cm³/mol. The van der Waals surface area contributed by atoms with Crippen molar-refractivity contribution in [2.75, 3.05) is 11.5 Å². The predicted octanol–water partition coefficient (Wildman–Crippen LogP) is 1.37. The summed E-state index contributed by atoms with van der Waals surface area (Å²) in [4.78, 5) is 14.5. The van der Waals surface area contributed by atoms with Gasteiger partial charge in [0.15, 0.2) is 5.78 Å². The first-order valence-corrected chi connectivity index (χ1v) is 10.4. The summed E-state index contributed by atoms with van der Waals surface area (Å²) >= 11 is 0. The third-order valence-electron chi connectivity index (χ3n) is 5.49. The number of carbonyl (C=O) groups is 1. The van der Waals surface area contributed by atoms with Crippen LogP contribution in [0.3, 0.4) is 0 Å². The van der Waals surface area contributed by atoms with Crippen LogP contribution in [0.1, 0.15) is 18.9 Å². The van der Waals surface area contributed by atoms with Gasteiger partial charge in [0.2, 0.25) is 0 Å². The van der Waals surface area contributed by atoms with E-state index in [2.05, 4.69) is 4.90 Å². The average Bonchev–Trinajstić information content (AvgIpc) is 2.93. The molecule has 122 valence electrons. The van der Waals surface area contributed by atoms with E-state index in [1.807, 2.05) is 43.3 Å². The van der Waals surface area contributed by atoms with Crippen molar-refractivity contribution in [1.82, 2.24) is 4.90 Å². The van der Waals surface area contributed by atoms with Crippen LogP contribution in [0, 0.1) is 0 Å². The zero-order valence-corrected chi connectivity index (χ0v) is 14.6. The van der Waals surface area contributed by atoms with Crippen LogP contribution < -0.4 is 0 Å². The lowest BCUT2D eigenvalue weighted by Crippen LogP contribution is -2.58. The molecule has 1 aromatic carbocycles. The second-order valence-corrected chi connectivity index (χ2v) is 10.4. The molecule has 2 fully saturated rings.